The Kier molecular flexibility index (Phi) is 3.55. The zero-order valence-electron chi connectivity index (χ0n) is 13.4. The Bertz CT molecular complexity index is 1280. The molecule has 2 aromatic heterocycles. The number of carbonyl (C=O) groups is 1. The molecule has 26 heavy (non-hydrogen) atoms. The highest BCUT2D eigenvalue weighted by atomic mass is 35.5. The Morgan fingerprint density at radius 3 is 2.69 bits per heavy atom. The molecule has 0 aliphatic carbocycles. The topological polar surface area (TPSA) is 77.1 Å². The molecule has 0 amide bonds. The van der Waals surface area contributed by atoms with Crippen LogP contribution in [0, 0.1) is 5.82 Å². The lowest BCUT2D eigenvalue weighted by Crippen LogP contribution is -2.25. The van der Waals surface area contributed by atoms with Crippen LogP contribution >= 0.6 is 11.6 Å². The number of carboxylic acid groups (broad SMARTS) is 1. The fourth-order valence-electron chi connectivity index (χ4n) is 3.13. The van der Waals surface area contributed by atoms with Crippen molar-refractivity contribution < 1.29 is 14.3 Å². The van der Waals surface area contributed by atoms with Crippen molar-refractivity contribution in [3.05, 3.63) is 69.4 Å². The Hall–Kier alpha value is -3.19. The minimum Gasteiger partial charge on any atom is -0.476 e. The Morgan fingerprint density at radius 1 is 1.23 bits per heavy atom. The van der Waals surface area contributed by atoms with Crippen LogP contribution in [0.2, 0.25) is 5.02 Å². The summed E-state index contributed by atoms with van der Waals surface area (Å²) in [5.41, 5.74) is 0.0507. The number of hydrogen-bond acceptors (Lipinski definition) is 3. The van der Waals surface area contributed by atoms with Gasteiger partial charge in [0.05, 0.1) is 11.2 Å². The SMILES string of the molecule is Cn1c2cc(Cl)ccc2c2c(C(=O)O)nn(-c3cccc(F)c3)c(=O)c21. The van der Waals surface area contributed by atoms with Gasteiger partial charge in [-0.25, -0.2) is 9.18 Å². The summed E-state index contributed by atoms with van der Waals surface area (Å²) < 4.78 is 16.0. The average Bonchev–Trinajstić information content (AvgIpc) is 2.88. The van der Waals surface area contributed by atoms with Gasteiger partial charge in [0.1, 0.15) is 11.3 Å². The second kappa shape index (κ2) is 5.67. The van der Waals surface area contributed by atoms with Crippen molar-refractivity contribution in [2.75, 3.05) is 0 Å². The van der Waals surface area contributed by atoms with Crippen LogP contribution in [0.1, 0.15) is 10.5 Å². The van der Waals surface area contributed by atoms with Crippen molar-refractivity contribution in [2.45, 2.75) is 0 Å². The third kappa shape index (κ3) is 2.28. The lowest BCUT2D eigenvalue weighted by Gasteiger charge is -2.08. The summed E-state index contributed by atoms with van der Waals surface area (Å²) in [4.78, 5) is 24.8. The van der Waals surface area contributed by atoms with Crippen molar-refractivity contribution in [3.63, 3.8) is 0 Å². The van der Waals surface area contributed by atoms with Gasteiger partial charge in [-0.2, -0.15) is 9.78 Å². The van der Waals surface area contributed by atoms with Gasteiger partial charge in [-0.1, -0.05) is 23.7 Å². The predicted molar refractivity (Wildman–Crippen MR) is 95.7 cm³/mol. The summed E-state index contributed by atoms with van der Waals surface area (Å²) in [7, 11) is 1.64. The van der Waals surface area contributed by atoms with Crippen molar-refractivity contribution in [1.29, 1.82) is 0 Å². The van der Waals surface area contributed by atoms with Gasteiger partial charge in [0.15, 0.2) is 5.69 Å². The predicted octanol–water partition coefficient (Wildman–Crippen LogP) is 3.37. The number of benzene rings is 2. The number of rotatable bonds is 2. The van der Waals surface area contributed by atoms with Gasteiger partial charge >= 0.3 is 5.97 Å². The van der Waals surface area contributed by atoms with Crippen LogP contribution in [0.25, 0.3) is 27.5 Å². The highest BCUT2D eigenvalue weighted by molar-refractivity contribution is 6.31. The van der Waals surface area contributed by atoms with Crippen LogP contribution in [0.5, 0.6) is 0 Å². The molecular weight excluding hydrogens is 361 g/mol. The summed E-state index contributed by atoms with van der Waals surface area (Å²) in [5, 5.41) is 14.9. The minimum absolute atomic E-state index is 0.141. The highest BCUT2D eigenvalue weighted by Crippen LogP contribution is 2.30. The first kappa shape index (κ1) is 16.3. The van der Waals surface area contributed by atoms with E-state index in [0.717, 1.165) is 10.7 Å². The maximum atomic E-state index is 13.6. The van der Waals surface area contributed by atoms with E-state index in [1.54, 1.807) is 29.8 Å². The van der Waals surface area contributed by atoms with Crippen LogP contribution < -0.4 is 5.56 Å². The van der Waals surface area contributed by atoms with Gasteiger partial charge in [-0.3, -0.25) is 4.79 Å². The lowest BCUT2D eigenvalue weighted by molar-refractivity contribution is 0.0691. The van der Waals surface area contributed by atoms with Crippen molar-refractivity contribution >= 4 is 39.4 Å². The second-order valence-electron chi connectivity index (χ2n) is 5.79. The average molecular weight is 372 g/mol. The standard InChI is InChI=1S/C18H11ClFN3O3/c1-22-13-7-9(19)5-6-12(13)14-15(18(25)26)21-23(17(24)16(14)22)11-4-2-3-10(20)8-11/h2-8H,1H3,(H,25,26). The lowest BCUT2D eigenvalue weighted by atomic mass is 10.1. The first-order valence-corrected chi connectivity index (χ1v) is 7.96. The van der Waals surface area contributed by atoms with Crippen LogP contribution in [0.4, 0.5) is 4.39 Å². The van der Waals surface area contributed by atoms with Crippen LogP contribution in [-0.2, 0) is 7.05 Å². The molecule has 0 aliphatic rings. The van der Waals surface area contributed by atoms with Gasteiger partial charge in [0, 0.05) is 22.8 Å². The number of hydrogen-bond donors (Lipinski definition) is 1. The van der Waals surface area contributed by atoms with Gasteiger partial charge in [0.2, 0.25) is 0 Å². The van der Waals surface area contributed by atoms with Crippen molar-refractivity contribution in [2.24, 2.45) is 7.05 Å². The molecule has 0 unspecified atom stereocenters. The zero-order valence-corrected chi connectivity index (χ0v) is 14.2. The van der Waals surface area contributed by atoms with Gasteiger partial charge in [-0.05, 0) is 30.3 Å². The molecule has 6 nitrogen and oxygen atoms in total. The number of carboxylic acids is 1. The summed E-state index contributed by atoms with van der Waals surface area (Å²) in [6.45, 7) is 0. The first-order valence-electron chi connectivity index (χ1n) is 7.58. The van der Waals surface area contributed by atoms with E-state index in [1.165, 1.54) is 18.2 Å². The second-order valence-corrected chi connectivity index (χ2v) is 6.23. The van der Waals surface area contributed by atoms with E-state index in [2.05, 4.69) is 5.10 Å². The molecule has 0 aliphatic heterocycles. The molecule has 0 saturated heterocycles. The molecule has 0 atom stereocenters. The summed E-state index contributed by atoms with van der Waals surface area (Å²) in [6, 6.07) is 10.2. The zero-order chi connectivity index (χ0) is 18.6. The summed E-state index contributed by atoms with van der Waals surface area (Å²) >= 11 is 6.03. The first-order chi connectivity index (χ1) is 12.4. The fourth-order valence-corrected chi connectivity index (χ4v) is 3.29. The molecule has 130 valence electrons. The molecule has 1 N–H and O–H groups in total. The fraction of sp³-hybridized carbons (Fsp3) is 0.0556. The largest absolute Gasteiger partial charge is 0.476 e. The third-order valence-electron chi connectivity index (χ3n) is 4.25. The monoisotopic (exact) mass is 371 g/mol. The number of aromatic nitrogens is 3. The molecule has 2 heterocycles. The van der Waals surface area contributed by atoms with Crippen molar-refractivity contribution in [1.82, 2.24) is 14.3 Å². The maximum absolute atomic E-state index is 13.6. The number of aromatic carboxylic acids is 1. The summed E-state index contributed by atoms with van der Waals surface area (Å²) in [5.74, 6) is -1.85. The minimum atomic E-state index is -1.29. The molecule has 4 aromatic rings. The molecule has 0 fully saturated rings. The van der Waals surface area contributed by atoms with E-state index < -0.39 is 17.3 Å². The molecule has 8 heteroatoms. The third-order valence-corrected chi connectivity index (χ3v) is 4.48. The van der Waals surface area contributed by atoms with Gasteiger partial charge in [-0.15, -0.1) is 0 Å². The molecule has 0 spiro atoms. The molecule has 0 bridgehead atoms. The Morgan fingerprint density at radius 2 is 2.00 bits per heavy atom. The number of halogens is 2. The highest BCUT2D eigenvalue weighted by Gasteiger charge is 2.23. The van der Waals surface area contributed by atoms with E-state index in [0.29, 0.717) is 15.9 Å². The molecule has 2 aromatic carbocycles. The number of aryl methyl sites for hydroxylation is 1. The quantitative estimate of drug-likeness (QED) is 0.586. The molecule has 0 radical (unpaired) electrons. The number of nitrogens with zero attached hydrogens (tertiary/aromatic N) is 3. The van der Waals surface area contributed by atoms with E-state index in [9.17, 15) is 19.1 Å². The molecule has 0 saturated carbocycles. The van der Waals surface area contributed by atoms with Crippen molar-refractivity contribution in [3.8, 4) is 5.69 Å². The van der Waals surface area contributed by atoms with E-state index in [4.69, 9.17) is 11.6 Å². The maximum Gasteiger partial charge on any atom is 0.357 e. The van der Waals surface area contributed by atoms with E-state index in [1.807, 2.05) is 0 Å². The Balaban J connectivity index is 2.23. The Labute approximate surface area is 150 Å². The van der Waals surface area contributed by atoms with E-state index in [-0.39, 0.29) is 22.3 Å². The van der Waals surface area contributed by atoms with Gasteiger partial charge in [0.25, 0.3) is 5.56 Å². The molecular formula is C18H11ClFN3O3. The molecule has 4 rings (SSSR count). The van der Waals surface area contributed by atoms with Crippen LogP contribution in [0.3, 0.4) is 0 Å². The normalized spacial score (nSPS) is 11.3. The van der Waals surface area contributed by atoms with Crippen LogP contribution in [-0.4, -0.2) is 25.4 Å². The number of fused-ring (bicyclic) bond motifs is 3. The smallest absolute Gasteiger partial charge is 0.357 e. The van der Waals surface area contributed by atoms with Gasteiger partial charge < -0.3 is 9.67 Å². The van der Waals surface area contributed by atoms with E-state index >= 15 is 0 Å². The van der Waals surface area contributed by atoms with Crippen LogP contribution in [0.15, 0.2) is 47.3 Å². The summed E-state index contributed by atoms with van der Waals surface area (Å²) in [6.07, 6.45) is 0.